The maximum Gasteiger partial charge on any atom is 0.225 e. The number of rotatable bonds is 20. The van der Waals surface area contributed by atoms with Crippen LogP contribution in [0.25, 0.3) is 0 Å². The Morgan fingerprint density at radius 2 is 1.55 bits per heavy atom. The van der Waals surface area contributed by atoms with Crippen molar-refractivity contribution in [3.05, 3.63) is 64.7 Å². The molecule has 47 heavy (non-hydrogen) atoms. The van der Waals surface area contributed by atoms with E-state index >= 15 is 17.6 Å². The number of quaternary nitrogens is 1. The van der Waals surface area contributed by atoms with Gasteiger partial charge in [0.1, 0.15) is 0 Å². The summed E-state index contributed by atoms with van der Waals surface area (Å²) in [4.78, 5) is 25.2. The average Bonchev–Trinajstić information content (AvgIpc) is 3.00. The van der Waals surface area contributed by atoms with Gasteiger partial charge in [-0.05, 0) is 31.6 Å². The first-order valence-corrected chi connectivity index (χ1v) is 18.2. The molecular formula is C33H46F4N2O6S2. The summed E-state index contributed by atoms with van der Waals surface area (Å²) in [6, 6.07) is 8.70. The number of nitrogens with one attached hydrogen (secondary N) is 1. The van der Waals surface area contributed by atoms with E-state index in [1.54, 1.807) is 51.1 Å². The van der Waals surface area contributed by atoms with E-state index in [9.17, 15) is 22.6 Å². The van der Waals surface area contributed by atoms with Crippen LogP contribution in [0.2, 0.25) is 0 Å². The van der Waals surface area contributed by atoms with Crippen LogP contribution in [0.15, 0.2) is 30.3 Å². The minimum absolute atomic E-state index is 0.0904. The Bertz CT molecular complexity index is 1430. The lowest BCUT2D eigenvalue weighted by Gasteiger charge is -2.31. The number of benzene rings is 2. The second-order valence-electron chi connectivity index (χ2n) is 12.9. The molecular weight excluding hydrogens is 660 g/mol. The first kappa shape index (κ1) is 40.5. The fourth-order valence-corrected chi connectivity index (χ4v) is 6.52. The van der Waals surface area contributed by atoms with Crippen molar-refractivity contribution >= 4 is 32.9 Å². The van der Waals surface area contributed by atoms with Gasteiger partial charge in [0.25, 0.3) is 0 Å². The second-order valence-corrected chi connectivity index (χ2v) is 15.4. The predicted octanol–water partition coefficient (Wildman–Crippen LogP) is 6.40. The van der Waals surface area contributed by atoms with Crippen LogP contribution in [0.3, 0.4) is 0 Å². The lowest BCUT2D eigenvalue weighted by molar-refractivity contribution is -0.890. The maximum absolute atomic E-state index is 15.3. The van der Waals surface area contributed by atoms with Crippen LogP contribution in [-0.4, -0.2) is 80.3 Å². The second kappa shape index (κ2) is 18.2. The van der Waals surface area contributed by atoms with Crippen LogP contribution in [0.4, 0.5) is 17.6 Å². The van der Waals surface area contributed by atoms with E-state index in [4.69, 9.17) is 4.74 Å². The largest absolute Gasteiger partial charge is 0.748 e. The summed E-state index contributed by atoms with van der Waals surface area (Å²) in [6.45, 7) is 5.89. The van der Waals surface area contributed by atoms with E-state index in [1.165, 1.54) is 0 Å². The number of unbranched alkanes of at least 4 members (excludes halogenated alkanes) is 1. The van der Waals surface area contributed by atoms with Crippen LogP contribution in [0.5, 0.6) is 5.75 Å². The lowest BCUT2D eigenvalue weighted by atomic mass is 9.77. The number of thioether (sulfide) groups is 1. The zero-order chi connectivity index (χ0) is 35.4. The molecule has 1 N–H and O–H groups in total. The molecule has 2 aromatic carbocycles. The van der Waals surface area contributed by atoms with Crippen LogP contribution < -0.4 is 10.1 Å². The van der Waals surface area contributed by atoms with E-state index in [-0.39, 0.29) is 37.5 Å². The Morgan fingerprint density at radius 1 is 0.957 bits per heavy atom. The minimum atomic E-state index is -4.28. The Hall–Kier alpha value is -2.68. The molecule has 8 nitrogen and oxygen atoms in total. The average molecular weight is 707 g/mol. The monoisotopic (exact) mass is 706 g/mol. The summed E-state index contributed by atoms with van der Waals surface area (Å²) in [5, 5.41) is 2.69. The van der Waals surface area contributed by atoms with Gasteiger partial charge in [0, 0.05) is 47.4 Å². The Labute approximate surface area is 280 Å². The van der Waals surface area contributed by atoms with Gasteiger partial charge in [0.05, 0.1) is 43.9 Å². The van der Waals surface area contributed by atoms with Crippen molar-refractivity contribution in [2.45, 2.75) is 65.2 Å². The summed E-state index contributed by atoms with van der Waals surface area (Å²) < 4.78 is 98.6. The summed E-state index contributed by atoms with van der Waals surface area (Å²) >= 11 is 1.09. The molecule has 0 aliphatic heterocycles. The van der Waals surface area contributed by atoms with Gasteiger partial charge in [-0.25, -0.2) is 17.2 Å². The Morgan fingerprint density at radius 3 is 2.13 bits per heavy atom. The normalized spacial score (nSPS) is 13.0. The molecule has 0 saturated carbocycles. The third-order valence-corrected chi connectivity index (χ3v) is 9.72. The minimum Gasteiger partial charge on any atom is -0.748 e. The van der Waals surface area contributed by atoms with Gasteiger partial charge in [-0.15, -0.1) is 0 Å². The lowest BCUT2D eigenvalue weighted by Crippen LogP contribution is -2.44. The highest BCUT2D eigenvalue weighted by atomic mass is 32.2. The molecule has 0 fully saturated rings. The third kappa shape index (κ3) is 13.0. The van der Waals surface area contributed by atoms with Crippen LogP contribution in [-0.2, 0) is 14.9 Å². The quantitative estimate of drug-likeness (QED) is 0.0558. The fraction of sp³-hybridized carbons (Fsp3) is 0.576. The van der Waals surface area contributed by atoms with Crippen molar-refractivity contribution in [1.82, 2.24) is 5.32 Å². The molecule has 2 aromatic rings. The van der Waals surface area contributed by atoms with Gasteiger partial charge < -0.3 is 19.1 Å². The van der Waals surface area contributed by atoms with E-state index in [2.05, 4.69) is 5.32 Å². The van der Waals surface area contributed by atoms with E-state index in [0.29, 0.717) is 48.2 Å². The highest BCUT2D eigenvalue weighted by Gasteiger charge is 2.36. The van der Waals surface area contributed by atoms with Crippen molar-refractivity contribution < 1.29 is 49.3 Å². The molecule has 0 bridgehead atoms. The van der Waals surface area contributed by atoms with Crippen molar-refractivity contribution in [3.8, 4) is 5.75 Å². The first-order chi connectivity index (χ1) is 21.9. The number of nitrogens with zero attached hydrogens (tertiary/aromatic N) is 1. The number of hydrogen-bond donors (Lipinski definition) is 1. The number of carbonyl (C=O) groups is 2. The number of amides is 1. The third-order valence-electron chi connectivity index (χ3n) is 7.94. The highest BCUT2D eigenvalue weighted by Crippen LogP contribution is 2.40. The van der Waals surface area contributed by atoms with Gasteiger partial charge in [-0.2, -0.15) is 8.78 Å². The van der Waals surface area contributed by atoms with Crippen molar-refractivity contribution in [1.29, 1.82) is 0 Å². The van der Waals surface area contributed by atoms with Crippen LogP contribution >= 0.6 is 11.8 Å². The van der Waals surface area contributed by atoms with Crippen LogP contribution in [0.1, 0.15) is 81.1 Å². The maximum atomic E-state index is 15.3. The molecule has 0 spiro atoms. The van der Waals surface area contributed by atoms with E-state index in [0.717, 1.165) is 11.8 Å². The van der Waals surface area contributed by atoms with Crippen LogP contribution in [0, 0.1) is 28.7 Å². The molecule has 1 atom stereocenters. The van der Waals surface area contributed by atoms with Gasteiger partial charge in [-0.1, -0.05) is 62.9 Å². The summed E-state index contributed by atoms with van der Waals surface area (Å²) in [7, 11) is -0.525. The smallest absolute Gasteiger partial charge is 0.225 e. The molecule has 0 aliphatic rings. The van der Waals surface area contributed by atoms with Gasteiger partial charge in [-0.3, -0.25) is 9.59 Å². The number of halogens is 4. The van der Waals surface area contributed by atoms with Gasteiger partial charge in [0.2, 0.25) is 22.7 Å². The molecule has 1 amide bonds. The number of carbonyl (C=O) groups excluding carboxylic acids is 2. The molecule has 264 valence electrons. The molecule has 2 rings (SSSR count). The Balaban J connectivity index is 1.94. The van der Waals surface area contributed by atoms with Crippen molar-refractivity contribution in [3.63, 3.8) is 0 Å². The molecule has 0 aliphatic carbocycles. The summed E-state index contributed by atoms with van der Waals surface area (Å²) in [5.74, 6) is -8.96. The molecule has 0 heterocycles. The van der Waals surface area contributed by atoms with E-state index < -0.39 is 67.7 Å². The molecule has 1 unspecified atom stereocenters. The Kier molecular flexibility index (Phi) is 15.7. The zero-order valence-electron chi connectivity index (χ0n) is 27.7. The first-order valence-electron chi connectivity index (χ1n) is 15.6. The van der Waals surface area contributed by atoms with Crippen molar-refractivity contribution in [2.24, 2.45) is 5.41 Å². The topological polar surface area (TPSA) is 113 Å². The predicted molar refractivity (Wildman–Crippen MR) is 174 cm³/mol. The summed E-state index contributed by atoms with van der Waals surface area (Å²) in [5.41, 5.74) is -1.36. The summed E-state index contributed by atoms with van der Waals surface area (Å²) in [6.07, 6.45) is 1.54. The van der Waals surface area contributed by atoms with Gasteiger partial charge in [0.15, 0.2) is 17.4 Å². The molecule has 0 aromatic heterocycles. The SMILES string of the molecule is CCC(CC(C)(C)C(=O)NCCC[N+](C)(C)CCCS(=O)(=O)[O-])c1c(F)c(F)c(OCCCCSC(=O)c2ccccc2)c(F)c1F. The highest BCUT2D eigenvalue weighted by molar-refractivity contribution is 8.14. The molecule has 0 radical (unpaired) electrons. The standard InChI is InChI=1S/C33H46F4N2O6S2/c1-6-23(22-33(2,3)32(41)38-16-12-17-39(4,5)18-13-21-47(42,43)44)25-26(34)28(36)30(29(37)27(25)35)45-19-10-11-20-46-31(40)24-14-8-7-9-15-24/h7-9,14-15,23H,6,10-13,16-22H2,1-5H3,(H-,38,41,42,43,44). The number of hydrogen-bond acceptors (Lipinski definition) is 7. The van der Waals surface area contributed by atoms with Gasteiger partial charge >= 0.3 is 0 Å². The number of ether oxygens (including phenoxy) is 1. The zero-order valence-corrected chi connectivity index (χ0v) is 29.3. The fourth-order valence-electron chi connectivity index (χ4n) is 5.20. The molecule has 14 heteroatoms. The van der Waals surface area contributed by atoms with E-state index in [1.807, 2.05) is 14.1 Å². The van der Waals surface area contributed by atoms with Crippen molar-refractivity contribution in [2.75, 3.05) is 51.8 Å². The molecule has 0 saturated heterocycles.